The Morgan fingerprint density at radius 1 is 1.20 bits per heavy atom. The second kappa shape index (κ2) is 5.94. The number of hydrogen-bond donors (Lipinski definition) is 0. The number of aryl methyl sites for hydroxylation is 1. The largest absolute Gasteiger partial charge is 0.292 e. The first-order chi connectivity index (χ1) is 9.74. The molecule has 1 unspecified atom stereocenters. The van der Waals surface area contributed by atoms with E-state index in [1.54, 1.807) is 0 Å². The Kier molecular flexibility index (Phi) is 4.04. The average molecular weight is 287 g/mol. The van der Waals surface area contributed by atoms with E-state index in [2.05, 4.69) is 53.2 Å². The van der Waals surface area contributed by atoms with Gasteiger partial charge in [0, 0.05) is 18.3 Å². The molecule has 2 nitrogen and oxygen atoms in total. The summed E-state index contributed by atoms with van der Waals surface area (Å²) >= 11 is 5.97. The zero-order valence-electron chi connectivity index (χ0n) is 11.7. The molecule has 1 aromatic heterocycles. The minimum absolute atomic E-state index is 0.472. The first-order valence-corrected chi connectivity index (χ1v) is 7.53. The van der Waals surface area contributed by atoms with Crippen molar-refractivity contribution < 1.29 is 0 Å². The van der Waals surface area contributed by atoms with Crippen LogP contribution in [-0.4, -0.2) is 16.4 Å². The Morgan fingerprint density at radius 2 is 2.00 bits per heavy atom. The normalized spacial score (nSPS) is 19.4. The molecule has 1 saturated heterocycles. The van der Waals surface area contributed by atoms with Crippen LogP contribution in [0.3, 0.4) is 0 Å². The van der Waals surface area contributed by atoms with Gasteiger partial charge in [-0.3, -0.25) is 4.90 Å². The number of nitrogens with zero attached hydrogens (tertiary/aromatic N) is 2. The minimum Gasteiger partial charge on any atom is -0.292 e. The first-order valence-electron chi connectivity index (χ1n) is 7.15. The number of aromatic nitrogens is 1. The van der Waals surface area contributed by atoms with Gasteiger partial charge in [0.2, 0.25) is 0 Å². The average Bonchev–Trinajstić information content (AvgIpc) is 2.88. The van der Waals surface area contributed by atoms with Gasteiger partial charge in [0.1, 0.15) is 5.15 Å². The van der Waals surface area contributed by atoms with Gasteiger partial charge in [-0.05, 0) is 43.5 Å². The molecule has 0 bridgehead atoms. The first kappa shape index (κ1) is 13.6. The van der Waals surface area contributed by atoms with Crippen molar-refractivity contribution in [2.45, 2.75) is 32.4 Å². The number of likely N-dealkylation sites (tertiary alicyclic amines) is 1. The zero-order chi connectivity index (χ0) is 13.9. The molecule has 104 valence electrons. The Hall–Kier alpha value is -1.38. The zero-order valence-corrected chi connectivity index (χ0v) is 12.5. The molecule has 2 heterocycles. The van der Waals surface area contributed by atoms with Crippen LogP contribution in [0, 0.1) is 6.92 Å². The Labute approximate surface area is 125 Å². The third kappa shape index (κ3) is 2.87. The van der Waals surface area contributed by atoms with E-state index in [1.165, 1.54) is 24.0 Å². The van der Waals surface area contributed by atoms with E-state index >= 15 is 0 Å². The van der Waals surface area contributed by atoms with Gasteiger partial charge in [-0.2, -0.15) is 0 Å². The van der Waals surface area contributed by atoms with E-state index in [0.717, 1.165) is 18.8 Å². The van der Waals surface area contributed by atoms with Crippen LogP contribution in [0.1, 0.15) is 35.7 Å². The summed E-state index contributed by atoms with van der Waals surface area (Å²) in [4.78, 5) is 6.95. The summed E-state index contributed by atoms with van der Waals surface area (Å²) in [5.41, 5.74) is 3.75. The van der Waals surface area contributed by atoms with E-state index in [0.29, 0.717) is 11.2 Å². The van der Waals surface area contributed by atoms with Crippen molar-refractivity contribution in [3.8, 4) is 0 Å². The molecule has 0 spiro atoms. The number of hydrogen-bond acceptors (Lipinski definition) is 2. The Morgan fingerprint density at radius 3 is 2.75 bits per heavy atom. The maximum absolute atomic E-state index is 5.97. The highest BCUT2D eigenvalue weighted by atomic mass is 35.5. The van der Waals surface area contributed by atoms with Crippen LogP contribution in [0.4, 0.5) is 0 Å². The van der Waals surface area contributed by atoms with Crippen LogP contribution in [0.2, 0.25) is 5.15 Å². The van der Waals surface area contributed by atoms with Gasteiger partial charge in [0.25, 0.3) is 0 Å². The van der Waals surface area contributed by atoms with Gasteiger partial charge >= 0.3 is 0 Å². The van der Waals surface area contributed by atoms with Gasteiger partial charge < -0.3 is 0 Å². The molecule has 0 amide bonds. The van der Waals surface area contributed by atoms with Crippen LogP contribution >= 0.6 is 11.6 Å². The molecule has 0 N–H and O–H groups in total. The lowest BCUT2D eigenvalue weighted by molar-refractivity contribution is 0.247. The van der Waals surface area contributed by atoms with Crippen molar-refractivity contribution in [3.05, 3.63) is 64.4 Å². The third-order valence-corrected chi connectivity index (χ3v) is 4.25. The van der Waals surface area contributed by atoms with Crippen molar-refractivity contribution >= 4 is 11.6 Å². The van der Waals surface area contributed by atoms with Crippen molar-refractivity contribution in [3.63, 3.8) is 0 Å². The summed E-state index contributed by atoms with van der Waals surface area (Å²) in [5.74, 6) is 0. The number of pyridine rings is 1. The monoisotopic (exact) mass is 286 g/mol. The number of benzene rings is 1. The van der Waals surface area contributed by atoms with Gasteiger partial charge in [-0.25, -0.2) is 4.98 Å². The number of halogens is 1. The molecule has 1 fully saturated rings. The van der Waals surface area contributed by atoms with Crippen molar-refractivity contribution in [2.75, 3.05) is 6.54 Å². The maximum atomic E-state index is 5.97. The topological polar surface area (TPSA) is 16.1 Å². The molecule has 2 aromatic rings. The molecule has 1 aliphatic heterocycles. The molecule has 0 aliphatic carbocycles. The smallest absolute Gasteiger partial charge is 0.129 e. The second-order valence-electron chi connectivity index (χ2n) is 5.42. The summed E-state index contributed by atoms with van der Waals surface area (Å²) < 4.78 is 0. The minimum atomic E-state index is 0.472. The Bertz CT molecular complexity index is 583. The molecule has 1 aromatic carbocycles. The van der Waals surface area contributed by atoms with Gasteiger partial charge in [-0.1, -0.05) is 48.0 Å². The molecule has 1 aliphatic rings. The van der Waals surface area contributed by atoms with Crippen LogP contribution in [0.15, 0.2) is 42.5 Å². The van der Waals surface area contributed by atoms with E-state index in [1.807, 2.05) is 6.07 Å². The summed E-state index contributed by atoms with van der Waals surface area (Å²) in [5, 5.41) is 0.582. The molecule has 1 atom stereocenters. The lowest BCUT2D eigenvalue weighted by Crippen LogP contribution is -2.23. The molecule has 0 saturated carbocycles. The highest BCUT2D eigenvalue weighted by molar-refractivity contribution is 6.29. The van der Waals surface area contributed by atoms with Crippen LogP contribution in [0.25, 0.3) is 0 Å². The lowest BCUT2D eigenvalue weighted by Gasteiger charge is -2.25. The lowest BCUT2D eigenvalue weighted by atomic mass is 10.0. The van der Waals surface area contributed by atoms with Crippen molar-refractivity contribution in [1.82, 2.24) is 9.88 Å². The second-order valence-corrected chi connectivity index (χ2v) is 5.81. The highest BCUT2D eigenvalue weighted by Gasteiger charge is 2.27. The van der Waals surface area contributed by atoms with Crippen molar-refractivity contribution in [2.24, 2.45) is 0 Å². The summed E-state index contributed by atoms with van der Waals surface area (Å²) in [6, 6.07) is 15.2. The van der Waals surface area contributed by atoms with Gasteiger partial charge in [0.05, 0.1) is 0 Å². The van der Waals surface area contributed by atoms with Gasteiger partial charge in [0.15, 0.2) is 0 Å². The van der Waals surface area contributed by atoms with Crippen LogP contribution in [0.5, 0.6) is 0 Å². The summed E-state index contributed by atoms with van der Waals surface area (Å²) in [6.07, 6.45) is 2.45. The van der Waals surface area contributed by atoms with E-state index < -0.39 is 0 Å². The highest BCUT2D eigenvalue weighted by Crippen LogP contribution is 2.34. The molecule has 0 radical (unpaired) electrons. The molecule has 3 heteroatoms. The summed E-state index contributed by atoms with van der Waals surface area (Å²) in [6.45, 7) is 4.22. The standard InChI is InChI=1S/C17H19ClN2/c1-13-15(9-10-17(18)19-13)16-8-5-11-20(16)12-14-6-3-2-4-7-14/h2-4,6-7,9-10,16H,5,8,11-12H2,1H3. The van der Waals surface area contributed by atoms with E-state index in [4.69, 9.17) is 11.6 Å². The molecule has 3 rings (SSSR count). The fraction of sp³-hybridized carbons (Fsp3) is 0.353. The van der Waals surface area contributed by atoms with Crippen LogP contribution in [-0.2, 0) is 6.54 Å². The molecule has 20 heavy (non-hydrogen) atoms. The van der Waals surface area contributed by atoms with E-state index in [-0.39, 0.29) is 0 Å². The summed E-state index contributed by atoms with van der Waals surface area (Å²) in [7, 11) is 0. The van der Waals surface area contributed by atoms with Gasteiger partial charge in [-0.15, -0.1) is 0 Å². The maximum Gasteiger partial charge on any atom is 0.129 e. The van der Waals surface area contributed by atoms with Crippen LogP contribution < -0.4 is 0 Å². The third-order valence-electron chi connectivity index (χ3n) is 4.04. The molecular weight excluding hydrogens is 268 g/mol. The molecular formula is C17H19ClN2. The SMILES string of the molecule is Cc1nc(Cl)ccc1C1CCCN1Cc1ccccc1. The van der Waals surface area contributed by atoms with Crippen molar-refractivity contribution in [1.29, 1.82) is 0 Å². The van der Waals surface area contributed by atoms with E-state index in [9.17, 15) is 0 Å². The fourth-order valence-electron chi connectivity index (χ4n) is 3.08. The quantitative estimate of drug-likeness (QED) is 0.779. The number of rotatable bonds is 3. The predicted octanol–water partition coefficient (Wildman–Crippen LogP) is 4.38. The predicted molar refractivity (Wildman–Crippen MR) is 82.8 cm³/mol. The Balaban J connectivity index is 1.82. The fourth-order valence-corrected chi connectivity index (χ4v) is 3.27.